The van der Waals surface area contributed by atoms with Crippen LogP contribution >= 0.6 is 0 Å². The fourth-order valence-electron chi connectivity index (χ4n) is 5.38. The highest BCUT2D eigenvalue weighted by Crippen LogP contribution is 2.70. The molecule has 0 amide bonds. The average Bonchev–Trinajstić information content (AvgIpc) is 2.79. The van der Waals surface area contributed by atoms with E-state index in [-0.39, 0.29) is 6.10 Å². The van der Waals surface area contributed by atoms with Crippen molar-refractivity contribution in [3.63, 3.8) is 0 Å². The summed E-state index contributed by atoms with van der Waals surface area (Å²) in [6.45, 7) is 5.19. The van der Waals surface area contributed by atoms with E-state index in [9.17, 15) is 5.11 Å². The predicted octanol–water partition coefficient (Wildman–Crippen LogP) is 2.66. The number of aromatic nitrogens is 2. The van der Waals surface area contributed by atoms with Gasteiger partial charge in [-0.25, -0.2) is 0 Å². The van der Waals surface area contributed by atoms with Crippen LogP contribution < -0.4 is 0 Å². The zero-order valence-electron chi connectivity index (χ0n) is 12.6. The van der Waals surface area contributed by atoms with Crippen molar-refractivity contribution in [3.05, 3.63) is 17.5 Å². The van der Waals surface area contributed by atoms with E-state index in [2.05, 4.69) is 29.7 Å². The Labute approximate surface area is 121 Å². The molecule has 110 valence electrons. The minimum atomic E-state index is -0.139. The molecular weight excluding hydrogens is 248 g/mol. The Morgan fingerprint density at radius 2 is 2.00 bits per heavy atom. The van der Waals surface area contributed by atoms with Gasteiger partial charge in [-0.2, -0.15) is 5.10 Å². The van der Waals surface area contributed by atoms with Crippen LogP contribution in [0.25, 0.3) is 0 Å². The van der Waals surface area contributed by atoms with Crippen LogP contribution in [0, 0.1) is 29.6 Å². The van der Waals surface area contributed by atoms with Crippen molar-refractivity contribution >= 4 is 0 Å². The summed E-state index contributed by atoms with van der Waals surface area (Å²) in [5.41, 5.74) is 2.39. The number of hydrogen-bond donors (Lipinski definition) is 1. The number of fused-ring (bicyclic) bond motifs is 5. The molecule has 3 aliphatic rings. The number of rotatable bonds is 5. The number of aryl methyl sites for hydroxylation is 2. The van der Waals surface area contributed by atoms with E-state index in [1.807, 2.05) is 0 Å². The molecule has 0 spiro atoms. The second-order valence-electron chi connectivity index (χ2n) is 7.13. The van der Waals surface area contributed by atoms with E-state index in [0.717, 1.165) is 48.8 Å². The molecule has 1 aromatic rings. The molecule has 5 atom stereocenters. The van der Waals surface area contributed by atoms with Crippen molar-refractivity contribution in [1.29, 1.82) is 0 Å². The van der Waals surface area contributed by atoms with Crippen LogP contribution in [0.5, 0.6) is 0 Å². The Kier molecular flexibility index (Phi) is 2.95. The Balaban J connectivity index is 1.46. The summed E-state index contributed by atoms with van der Waals surface area (Å²) >= 11 is 0. The molecule has 0 aliphatic heterocycles. The second kappa shape index (κ2) is 4.59. The van der Waals surface area contributed by atoms with Crippen LogP contribution in [0.15, 0.2) is 6.07 Å². The minimum Gasteiger partial charge on any atom is -0.392 e. The molecular formula is C17H26N2O. The lowest BCUT2D eigenvalue weighted by atomic mass is 9.96. The summed E-state index contributed by atoms with van der Waals surface area (Å²) in [6, 6.07) is 2.19. The summed E-state index contributed by atoms with van der Waals surface area (Å²) in [6.07, 6.45) is 5.97. The van der Waals surface area contributed by atoms with Crippen molar-refractivity contribution in [2.45, 2.75) is 58.6 Å². The highest BCUT2D eigenvalue weighted by atomic mass is 16.3. The molecule has 2 bridgehead atoms. The Bertz CT molecular complexity index is 493. The largest absolute Gasteiger partial charge is 0.392 e. The molecule has 1 N–H and O–H groups in total. The first kappa shape index (κ1) is 12.9. The van der Waals surface area contributed by atoms with E-state index < -0.39 is 0 Å². The van der Waals surface area contributed by atoms with Gasteiger partial charge in [0.15, 0.2) is 0 Å². The number of hydrogen-bond acceptors (Lipinski definition) is 2. The average molecular weight is 274 g/mol. The molecule has 4 rings (SSSR count). The van der Waals surface area contributed by atoms with Gasteiger partial charge in [-0.1, -0.05) is 6.92 Å². The Morgan fingerprint density at radius 3 is 2.60 bits per heavy atom. The van der Waals surface area contributed by atoms with Gasteiger partial charge in [-0.3, -0.25) is 4.68 Å². The molecule has 20 heavy (non-hydrogen) atoms. The normalized spacial score (nSPS) is 39.0. The fourth-order valence-corrected chi connectivity index (χ4v) is 5.38. The predicted molar refractivity (Wildman–Crippen MR) is 78.3 cm³/mol. The zero-order valence-corrected chi connectivity index (χ0v) is 12.6. The summed E-state index contributed by atoms with van der Waals surface area (Å²) in [5, 5.41) is 15.3. The molecule has 3 fully saturated rings. The van der Waals surface area contributed by atoms with Crippen molar-refractivity contribution in [2.24, 2.45) is 29.6 Å². The van der Waals surface area contributed by atoms with E-state index in [1.165, 1.54) is 25.0 Å². The zero-order chi connectivity index (χ0) is 13.9. The lowest BCUT2D eigenvalue weighted by Crippen LogP contribution is -2.20. The fraction of sp³-hybridized carbons (Fsp3) is 0.824. The van der Waals surface area contributed by atoms with Crippen molar-refractivity contribution in [2.75, 3.05) is 0 Å². The third kappa shape index (κ3) is 1.78. The third-order valence-corrected chi connectivity index (χ3v) is 6.23. The van der Waals surface area contributed by atoms with E-state index in [0.29, 0.717) is 5.92 Å². The maximum absolute atomic E-state index is 10.7. The standard InChI is InChI=1S/C17H26N2O/c1-3-12-8-13(19(4-2)18-12)9-14(20)17-15-10-5-6-11(7-10)16(15)17/h8,10-11,14-17,20H,3-7,9H2,1-2H3. The first-order chi connectivity index (χ1) is 9.72. The molecule has 3 heteroatoms. The summed E-state index contributed by atoms with van der Waals surface area (Å²) < 4.78 is 2.08. The lowest BCUT2D eigenvalue weighted by Gasteiger charge is -2.15. The minimum absolute atomic E-state index is 0.139. The molecule has 0 radical (unpaired) electrons. The SMILES string of the molecule is CCc1cc(CC(O)C2C3C4CCC(C4)C23)n(CC)n1. The molecule has 3 saturated carbocycles. The lowest BCUT2D eigenvalue weighted by molar-refractivity contribution is 0.126. The quantitative estimate of drug-likeness (QED) is 0.896. The van der Waals surface area contributed by atoms with Gasteiger partial charge < -0.3 is 5.11 Å². The molecule has 3 aliphatic carbocycles. The van der Waals surface area contributed by atoms with Crippen LogP contribution in [-0.2, 0) is 19.4 Å². The monoisotopic (exact) mass is 274 g/mol. The van der Waals surface area contributed by atoms with Gasteiger partial charge in [0, 0.05) is 18.7 Å². The van der Waals surface area contributed by atoms with Crippen LogP contribution in [0.2, 0.25) is 0 Å². The first-order valence-electron chi connectivity index (χ1n) is 8.46. The van der Waals surface area contributed by atoms with E-state index in [4.69, 9.17) is 0 Å². The van der Waals surface area contributed by atoms with Crippen LogP contribution in [0.1, 0.15) is 44.5 Å². The molecule has 1 aromatic heterocycles. The van der Waals surface area contributed by atoms with Crippen LogP contribution in [-0.4, -0.2) is 21.0 Å². The number of aliphatic hydroxyl groups excluding tert-OH is 1. The van der Waals surface area contributed by atoms with Gasteiger partial charge in [0.1, 0.15) is 0 Å². The second-order valence-corrected chi connectivity index (χ2v) is 7.13. The smallest absolute Gasteiger partial charge is 0.0629 e. The molecule has 1 heterocycles. The van der Waals surface area contributed by atoms with E-state index in [1.54, 1.807) is 0 Å². The van der Waals surface area contributed by atoms with Crippen molar-refractivity contribution in [3.8, 4) is 0 Å². The highest BCUT2D eigenvalue weighted by molar-refractivity contribution is 5.18. The molecule has 0 saturated heterocycles. The Hall–Kier alpha value is -0.830. The molecule has 0 aromatic carbocycles. The maximum atomic E-state index is 10.7. The van der Waals surface area contributed by atoms with Gasteiger partial charge in [0.05, 0.1) is 11.8 Å². The maximum Gasteiger partial charge on any atom is 0.0629 e. The summed E-state index contributed by atoms with van der Waals surface area (Å²) in [7, 11) is 0. The summed E-state index contributed by atoms with van der Waals surface area (Å²) in [4.78, 5) is 0. The molecule has 5 unspecified atom stereocenters. The number of aliphatic hydroxyl groups is 1. The van der Waals surface area contributed by atoms with Crippen molar-refractivity contribution in [1.82, 2.24) is 9.78 Å². The van der Waals surface area contributed by atoms with Crippen LogP contribution in [0.4, 0.5) is 0 Å². The van der Waals surface area contributed by atoms with Gasteiger partial charge in [0.25, 0.3) is 0 Å². The van der Waals surface area contributed by atoms with Gasteiger partial charge >= 0.3 is 0 Å². The third-order valence-electron chi connectivity index (χ3n) is 6.23. The van der Waals surface area contributed by atoms with Crippen molar-refractivity contribution < 1.29 is 5.11 Å². The molecule has 3 nitrogen and oxygen atoms in total. The summed E-state index contributed by atoms with van der Waals surface area (Å²) in [5.74, 6) is 4.24. The first-order valence-corrected chi connectivity index (χ1v) is 8.46. The van der Waals surface area contributed by atoms with Gasteiger partial charge in [-0.05, 0) is 68.3 Å². The van der Waals surface area contributed by atoms with E-state index >= 15 is 0 Å². The van der Waals surface area contributed by atoms with Gasteiger partial charge in [0.2, 0.25) is 0 Å². The topological polar surface area (TPSA) is 38.0 Å². The Morgan fingerprint density at radius 1 is 1.30 bits per heavy atom. The van der Waals surface area contributed by atoms with Gasteiger partial charge in [-0.15, -0.1) is 0 Å². The highest BCUT2D eigenvalue weighted by Gasteiger charge is 2.66. The van der Waals surface area contributed by atoms with Crippen LogP contribution in [0.3, 0.4) is 0 Å². The number of nitrogens with zero attached hydrogens (tertiary/aromatic N) is 2.